The maximum absolute atomic E-state index is 12.3. The number of nitrogens with one attached hydrogen (secondary N) is 1. The van der Waals surface area contributed by atoms with Crippen LogP contribution in [0, 0.1) is 0 Å². The lowest BCUT2D eigenvalue weighted by Gasteiger charge is -2.14. The van der Waals surface area contributed by atoms with Crippen molar-refractivity contribution in [2.45, 2.75) is 12.5 Å². The summed E-state index contributed by atoms with van der Waals surface area (Å²) in [6, 6.07) is 14.8. The van der Waals surface area contributed by atoms with Gasteiger partial charge >= 0.3 is 6.09 Å². The van der Waals surface area contributed by atoms with Crippen molar-refractivity contribution in [1.82, 2.24) is 5.32 Å². The zero-order valence-electron chi connectivity index (χ0n) is 13.6. The Morgan fingerprint density at radius 1 is 1.16 bits per heavy atom. The molecule has 2 amide bonds. The summed E-state index contributed by atoms with van der Waals surface area (Å²) in [6.07, 6.45) is 0.405. The predicted molar refractivity (Wildman–Crippen MR) is 92.0 cm³/mol. The number of cyclic esters (lactones) is 1. The summed E-state index contributed by atoms with van der Waals surface area (Å²) in [6.45, 7) is 1.38. The van der Waals surface area contributed by atoms with E-state index in [1.165, 1.54) is 5.56 Å². The van der Waals surface area contributed by atoms with Gasteiger partial charge < -0.3 is 14.8 Å². The molecule has 2 aliphatic rings. The second-order valence-electron chi connectivity index (χ2n) is 6.07. The molecule has 0 radical (unpaired) electrons. The van der Waals surface area contributed by atoms with Crippen molar-refractivity contribution in [1.29, 1.82) is 0 Å². The fourth-order valence-corrected chi connectivity index (χ4v) is 3.10. The van der Waals surface area contributed by atoms with E-state index >= 15 is 0 Å². The van der Waals surface area contributed by atoms with E-state index in [2.05, 4.69) is 5.32 Å². The normalized spacial score (nSPS) is 18.5. The highest BCUT2D eigenvalue weighted by atomic mass is 16.6. The van der Waals surface area contributed by atoms with Crippen LogP contribution >= 0.6 is 0 Å². The number of carbonyl (C=O) groups is 2. The van der Waals surface area contributed by atoms with Crippen LogP contribution in [-0.2, 0) is 11.2 Å². The minimum absolute atomic E-state index is 0.0417. The number of para-hydroxylation sites is 1. The number of benzene rings is 2. The monoisotopic (exact) mass is 338 g/mol. The number of anilines is 1. The van der Waals surface area contributed by atoms with Crippen LogP contribution in [0.2, 0.25) is 0 Å². The van der Waals surface area contributed by atoms with Crippen LogP contribution in [0.5, 0.6) is 5.75 Å². The van der Waals surface area contributed by atoms with Gasteiger partial charge in [0, 0.05) is 17.7 Å². The lowest BCUT2D eigenvalue weighted by Crippen LogP contribution is -2.34. The maximum atomic E-state index is 12.3. The van der Waals surface area contributed by atoms with Crippen molar-refractivity contribution in [2.75, 3.05) is 24.6 Å². The third-order valence-corrected chi connectivity index (χ3v) is 4.41. The number of fused-ring (bicyclic) bond motifs is 1. The molecule has 0 bridgehead atoms. The van der Waals surface area contributed by atoms with Gasteiger partial charge in [-0.2, -0.15) is 0 Å². The molecule has 25 heavy (non-hydrogen) atoms. The second kappa shape index (κ2) is 6.47. The Balaban J connectivity index is 1.33. The largest absolute Gasteiger partial charge is 0.488 e. The minimum atomic E-state index is -0.352. The molecule has 0 unspecified atom stereocenters. The smallest absolute Gasteiger partial charge is 0.414 e. The average Bonchev–Trinajstić information content (AvgIpc) is 3.25. The fourth-order valence-electron chi connectivity index (χ4n) is 3.10. The lowest BCUT2D eigenvalue weighted by molar-refractivity contribution is 0.0933. The summed E-state index contributed by atoms with van der Waals surface area (Å²) in [7, 11) is 0. The van der Waals surface area contributed by atoms with Crippen LogP contribution in [0.15, 0.2) is 48.5 Å². The first-order chi connectivity index (χ1) is 12.2. The van der Waals surface area contributed by atoms with Crippen molar-refractivity contribution in [2.24, 2.45) is 0 Å². The molecule has 2 aliphatic heterocycles. The Hall–Kier alpha value is -3.02. The van der Waals surface area contributed by atoms with E-state index in [9.17, 15) is 9.59 Å². The first-order valence-corrected chi connectivity index (χ1v) is 8.28. The molecule has 4 rings (SSSR count). The van der Waals surface area contributed by atoms with Gasteiger partial charge in [0.05, 0.1) is 13.1 Å². The second-order valence-corrected chi connectivity index (χ2v) is 6.07. The van der Waals surface area contributed by atoms with Gasteiger partial charge in [-0.3, -0.25) is 9.69 Å². The van der Waals surface area contributed by atoms with Crippen molar-refractivity contribution in [3.8, 4) is 5.75 Å². The van der Waals surface area contributed by atoms with E-state index in [-0.39, 0.29) is 18.1 Å². The summed E-state index contributed by atoms with van der Waals surface area (Å²) < 4.78 is 10.7. The van der Waals surface area contributed by atoms with E-state index in [1.54, 1.807) is 29.2 Å². The zero-order valence-corrected chi connectivity index (χ0v) is 13.6. The molecule has 6 heteroatoms. The van der Waals surface area contributed by atoms with Gasteiger partial charge in [-0.05, 0) is 35.9 Å². The fraction of sp³-hybridized carbons (Fsp3) is 0.263. The molecule has 1 N–H and O–H groups in total. The molecule has 1 saturated heterocycles. The maximum Gasteiger partial charge on any atom is 0.414 e. The molecule has 128 valence electrons. The lowest BCUT2D eigenvalue weighted by atomic mass is 10.1. The van der Waals surface area contributed by atoms with Gasteiger partial charge in [0.15, 0.2) is 0 Å². The first-order valence-electron chi connectivity index (χ1n) is 8.28. The first kappa shape index (κ1) is 15.5. The molecule has 1 fully saturated rings. The number of nitrogens with zero attached hydrogens (tertiary/aromatic N) is 1. The Morgan fingerprint density at radius 2 is 1.96 bits per heavy atom. The zero-order chi connectivity index (χ0) is 17.2. The molecule has 0 spiro atoms. The molecule has 0 aromatic heterocycles. The van der Waals surface area contributed by atoms with Gasteiger partial charge in [-0.1, -0.05) is 18.2 Å². The minimum Gasteiger partial charge on any atom is -0.488 e. The Labute approximate surface area is 145 Å². The van der Waals surface area contributed by atoms with E-state index in [0.717, 1.165) is 17.9 Å². The topological polar surface area (TPSA) is 67.9 Å². The molecule has 0 aliphatic carbocycles. The van der Waals surface area contributed by atoms with E-state index in [1.807, 2.05) is 24.3 Å². The molecular formula is C19H18N2O4. The highest BCUT2D eigenvalue weighted by Gasteiger charge is 2.24. The highest BCUT2D eigenvalue weighted by Crippen LogP contribution is 2.27. The van der Waals surface area contributed by atoms with Crippen LogP contribution < -0.4 is 15.0 Å². The van der Waals surface area contributed by atoms with Crippen molar-refractivity contribution in [3.05, 3.63) is 59.7 Å². The van der Waals surface area contributed by atoms with Crippen LogP contribution in [0.1, 0.15) is 15.9 Å². The predicted octanol–water partition coefficient (Wildman–Crippen LogP) is 2.38. The van der Waals surface area contributed by atoms with Crippen molar-refractivity contribution < 1.29 is 19.1 Å². The Kier molecular flexibility index (Phi) is 4.01. The molecule has 2 aromatic carbocycles. The summed E-state index contributed by atoms with van der Waals surface area (Å²) in [5.41, 5.74) is 2.45. The third kappa shape index (κ3) is 3.15. The van der Waals surface area contributed by atoms with E-state index in [0.29, 0.717) is 25.3 Å². The molecule has 2 aromatic rings. The number of amides is 2. The van der Waals surface area contributed by atoms with Crippen LogP contribution in [0.4, 0.5) is 10.5 Å². The number of carbonyl (C=O) groups excluding carboxylic acids is 2. The summed E-state index contributed by atoms with van der Waals surface area (Å²) >= 11 is 0. The van der Waals surface area contributed by atoms with Gasteiger partial charge in [-0.15, -0.1) is 0 Å². The molecular weight excluding hydrogens is 320 g/mol. The van der Waals surface area contributed by atoms with Crippen LogP contribution in [0.25, 0.3) is 0 Å². The van der Waals surface area contributed by atoms with Crippen molar-refractivity contribution >= 4 is 17.7 Å². The summed E-state index contributed by atoms with van der Waals surface area (Å²) in [5, 5.41) is 2.90. The number of hydrogen-bond donors (Lipinski definition) is 1. The molecule has 0 saturated carbocycles. The highest BCUT2D eigenvalue weighted by molar-refractivity contribution is 5.95. The SMILES string of the molecule is O=C(NC[C@H]1Cc2ccccc2O1)c1ccc(N2CCOC2=O)cc1. The molecule has 2 heterocycles. The van der Waals surface area contributed by atoms with Gasteiger partial charge in [0.2, 0.25) is 0 Å². The van der Waals surface area contributed by atoms with E-state index < -0.39 is 0 Å². The quantitative estimate of drug-likeness (QED) is 0.929. The molecule has 6 nitrogen and oxygen atoms in total. The summed E-state index contributed by atoms with van der Waals surface area (Å²) in [5.74, 6) is 0.735. The van der Waals surface area contributed by atoms with Gasteiger partial charge in [0.1, 0.15) is 18.5 Å². The Morgan fingerprint density at radius 3 is 2.68 bits per heavy atom. The molecule has 1 atom stereocenters. The van der Waals surface area contributed by atoms with Crippen LogP contribution in [0.3, 0.4) is 0 Å². The van der Waals surface area contributed by atoms with Crippen LogP contribution in [-0.4, -0.2) is 37.8 Å². The Bertz CT molecular complexity index is 778. The number of rotatable bonds is 4. The van der Waals surface area contributed by atoms with Crippen molar-refractivity contribution in [3.63, 3.8) is 0 Å². The average molecular weight is 338 g/mol. The third-order valence-electron chi connectivity index (χ3n) is 4.41. The van der Waals surface area contributed by atoms with Gasteiger partial charge in [-0.25, -0.2) is 4.79 Å². The summed E-state index contributed by atoms with van der Waals surface area (Å²) in [4.78, 5) is 25.4. The standard InChI is InChI=1S/C19H18N2O4/c22-18(20-12-16-11-14-3-1-2-4-17(14)25-16)13-5-7-15(8-6-13)21-9-10-24-19(21)23/h1-8,16H,9-12H2,(H,20,22)/t16-/m1/s1. The number of ether oxygens (including phenoxy) is 2. The van der Waals surface area contributed by atoms with E-state index in [4.69, 9.17) is 9.47 Å². The van der Waals surface area contributed by atoms with Gasteiger partial charge in [0.25, 0.3) is 5.91 Å². The number of hydrogen-bond acceptors (Lipinski definition) is 4.